The summed E-state index contributed by atoms with van der Waals surface area (Å²) < 4.78 is 5.55. The molecule has 0 saturated carbocycles. The minimum Gasteiger partial charge on any atom is -0.475 e. The number of nitrogens with one attached hydrogen (secondary N) is 1. The summed E-state index contributed by atoms with van der Waals surface area (Å²) >= 11 is 0. The predicted octanol–water partition coefficient (Wildman–Crippen LogP) is 3.50. The van der Waals surface area contributed by atoms with Gasteiger partial charge in [0.25, 0.3) is 0 Å². The van der Waals surface area contributed by atoms with E-state index < -0.39 is 0 Å². The number of aryl methyl sites for hydroxylation is 2. The van der Waals surface area contributed by atoms with E-state index in [-0.39, 0.29) is 5.91 Å². The first-order chi connectivity index (χ1) is 13.1. The van der Waals surface area contributed by atoms with E-state index in [1.54, 1.807) is 6.07 Å². The van der Waals surface area contributed by atoms with Gasteiger partial charge in [-0.25, -0.2) is 0 Å². The summed E-state index contributed by atoms with van der Waals surface area (Å²) in [6.07, 6.45) is 0.373. The fraction of sp³-hybridized carbons (Fsp3) is 0.227. The van der Waals surface area contributed by atoms with Crippen LogP contribution in [0.4, 0.5) is 0 Å². The fourth-order valence-electron chi connectivity index (χ4n) is 2.67. The van der Waals surface area contributed by atoms with Gasteiger partial charge in [-0.05, 0) is 31.0 Å². The highest BCUT2D eigenvalue weighted by atomic mass is 16.5. The first-order valence-electron chi connectivity index (χ1n) is 8.96. The molecule has 0 bridgehead atoms. The van der Waals surface area contributed by atoms with E-state index in [4.69, 9.17) is 4.74 Å². The quantitative estimate of drug-likeness (QED) is 0.654. The first-order valence-corrected chi connectivity index (χ1v) is 8.96. The van der Waals surface area contributed by atoms with Gasteiger partial charge in [0.05, 0.1) is 18.7 Å². The number of benzene rings is 2. The van der Waals surface area contributed by atoms with Crippen molar-refractivity contribution in [1.29, 1.82) is 0 Å². The molecule has 138 valence electrons. The van der Waals surface area contributed by atoms with E-state index in [2.05, 4.69) is 15.5 Å². The predicted molar refractivity (Wildman–Crippen MR) is 106 cm³/mol. The number of ether oxygens (including phenoxy) is 1. The number of amides is 1. The van der Waals surface area contributed by atoms with E-state index in [1.165, 1.54) is 5.56 Å². The summed E-state index contributed by atoms with van der Waals surface area (Å²) in [7, 11) is 0. The van der Waals surface area contributed by atoms with Gasteiger partial charge < -0.3 is 10.1 Å². The second-order valence-electron chi connectivity index (χ2n) is 6.42. The van der Waals surface area contributed by atoms with Crippen molar-refractivity contribution in [2.24, 2.45) is 0 Å². The topological polar surface area (TPSA) is 64.1 Å². The van der Waals surface area contributed by atoms with E-state index in [1.807, 2.05) is 68.4 Å². The summed E-state index contributed by atoms with van der Waals surface area (Å²) in [5.74, 6) is 0.424. The molecule has 2 aromatic carbocycles. The van der Waals surface area contributed by atoms with E-state index in [0.29, 0.717) is 25.5 Å². The average Bonchev–Trinajstić information content (AvgIpc) is 2.68. The van der Waals surface area contributed by atoms with Gasteiger partial charge in [0, 0.05) is 11.6 Å². The number of carbonyl (C=O) groups excluding carboxylic acids is 1. The third-order valence-corrected chi connectivity index (χ3v) is 4.27. The van der Waals surface area contributed by atoms with Crippen LogP contribution in [0.1, 0.15) is 16.7 Å². The molecule has 0 spiro atoms. The number of aromatic nitrogens is 2. The Hall–Kier alpha value is -3.21. The highest BCUT2D eigenvalue weighted by molar-refractivity contribution is 5.78. The lowest BCUT2D eigenvalue weighted by molar-refractivity contribution is -0.120. The van der Waals surface area contributed by atoms with Crippen molar-refractivity contribution in [2.75, 3.05) is 13.2 Å². The van der Waals surface area contributed by atoms with E-state index >= 15 is 0 Å². The lowest BCUT2D eigenvalue weighted by Gasteiger charge is -2.08. The Morgan fingerprint density at radius 2 is 1.74 bits per heavy atom. The largest absolute Gasteiger partial charge is 0.475 e. The third kappa shape index (κ3) is 5.38. The summed E-state index contributed by atoms with van der Waals surface area (Å²) in [4.78, 5) is 12.0. The molecule has 0 fully saturated rings. The zero-order valence-corrected chi connectivity index (χ0v) is 15.6. The Morgan fingerprint density at radius 3 is 2.44 bits per heavy atom. The standard InChI is InChI=1S/C22H23N3O2/c1-16-7-9-18(10-8-16)20-11-12-22(25-24-20)27-14-13-23-21(26)15-19-6-4-3-5-17(19)2/h3-12H,13-15H2,1-2H3,(H,23,26). The number of hydrogen-bond donors (Lipinski definition) is 1. The Labute approximate surface area is 159 Å². The van der Waals surface area contributed by atoms with Gasteiger partial charge in [-0.2, -0.15) is 0 Å². The third-order valence-electron chi connectivity index (χ3n) is 4.27. The average molecular weight is 361 g/mol. The molecular weight excluding hydrogens is 338 g/mol. The molecule has 1 amide bonds. The van der Waals surface area contributed by atoms with Crippen LogP contribution in [0.2, 0.25) is 0 Å². The van der Waals surface area contributed by atoms with Gasteiger partial charge in [0.2, 0.25) is 11.8 Å². The van der Waals surface area contributed by atoms with Crippen molar-refractivity contribution in [2.45, 2.75) is 20.3 Å². The second kappa shape index (κ2) is 8.94. The first kappa shape index (κ1) is 18.6. The summed E-state index contributed by atoms with van der Waals surface area (Å²) in [5.41, 5.74) is 5.18. The lowest BCUT2D eigenvalue weighted by Crippen LogP contribution is -2.29. The van der Waals surface area contributed by atoms with Crippen molar-refractivity contribution in [3.63, 3.8) is 0 Å². The van der Waals surface area contributed by atoms with Crippen LogP contribution in [0.15, 0.2) is 60.7 Å². The molecule has 5 heteroatoms. The zero-order valence-electron chi connectivity index (χ0n) is 15.6. The molecule has 1 aromatic heterocycles. The minimum atomic E-state index is -0.0197. The van der Waals surface area contributed by atoms with Crippen LogP contribution in [0.25, 0.3) is 11.3 Å². The number of rotatable bonds is 7. The Kier molecular flexibility index (Phi) is 6.15. The molecule has 0 radical (unpaired) electrons. The fourth-order valence-corrected chi connectivity index (χ4v) is 2.67. The normalized spacial score (nSPS) is 10.4. The van der Waals surface area contributed by atoms with E-state index in [9.17, 15) is 4.79 Å². The Morgan fingerprint density at radius 1 is 0.963 bits per heavy atom. The maximum atomic E-state index is 12.0. The van der Waals surface area contributed by atoms with Gasteiger partial charge in [-0.3, -0.25) is 4.79 Å². The highest BCUT2D eigenvalue weighted by Gasteiger charge is 2.06. The molecule has 0 atom stereocenters. The molecule has 5 nitrogen and oxygen atoms in total. The molecule has 0 aliphatic carbocycles. The van der Waals surface area contributed by atoms with Gasteiger partial charge in [-0.1, -0.05) is 54.1 Å². The van der Waals surface area contributed by atoms with Crippen LogP contribution >= 0.6 is 0 Å². The zero-order chi connectivity index (χ0) is 19.1. The maximum Gasteiger partial charge on any atom is 0.233 e. The monoisotopic (exact) mass is 361 g/mol. The van der Waals surface area contributed by atoms with Crippen LogP contribution in [-0.2, 0) is 11.2 Å². The van der Waals surface area contributed by atoms with Gasteiger partial charge >= 0.3 is 0 Å². The van der Waals surface area contributed by atoms with Gasteiger partial charge in [0.15, 0.2) is 0 Å². The Balaban J connectivity index is 1.43. The van der Waals surface area contributed by atoms with Crippen LogP contribution in [0.3, 0.4) is 0 Å². The van der Waals surface area contributed by atoms with Crippen molar-refractivity contribution >= 4 is 5.91 Å². The van der Waals surface area contributed by atoms with Crippen molar-refractivity contribution in [1.82, 2.24) is 15.5 Å². The van der Waals surface area contributed by atoms with E-state index in [0.717, 1.165) is 22.4 Å². The second-order valence-corrected chi connectivity index (χ2v) is 6.42. The molecule has 3 rings (SSSR count). The van der Waals surface area contributed by atoms with Crippen LogP contribution in [0.5, 0.6) is 5.88 Å². The van der Waals surface area contributed by atoms with Crippen molar-refractivity contribution in [3.05, 3.63) is 77.4 Å². The molecule has 0 aliphatic rings. The highest BCUT2D eigenvalue weighted by Crippen LogP contribution is 2.18. The molecule has 3 aromatic rings. The molecular formula is C22H23N3O2. The lowest BCUT2D eigenvalue weighted by atomic mass is 10.1. The number of carbonyl (C=O) groups is 1. The smallest absolute Gasteiger partial charge is 0.233 e. The van der Waals surface area contributed by atoms with Crippen molar-refractivity contribution < 1.29 is 9.53 Å². The van der Waals surface area contributed by atoms with Crippen LogP contribution < -0.4 is 10.1 Å². The summed E-state index contributed by atoms with van der Waals surface area (Å²) in [6.45, 7) is 4.82. The minimum absolute atomic E-state index is 0.0197. The van der Waals surface area contributed by atoms with Crippen LogP contribution in [0, 0.1) is 13.8 Å². The number of nitrogens with zero attached hydrogens (tertiary/aromatic N) is 2. The van der Waals surface area contributed by atoms with Gasteiger partial charge in [0.1, 0.15) is 6.61 Å². The van der Waals surface area contributed by atoms with Crippen LogP contribution in [-0.4, -0.2) is 29.3 Å². The molecule has 27 heavy (non-hydrogen) atoms. The molecule has 0 unspecified atom stereocenters. The maximum absolute atomic E-state index is 12.0. The molecule has 1 heterocycles. The summed E-state index contributed by atoms with van der Waals surface area (Å²) in [6, 6.07) is 19.7. The SMILES string of the molecule is Cc1ccc(-c2ccc(OCCNC(=O)Cc3ccccc3C)nn2)cc1. The van der Waals surface area contributed by atoms with Crippen molar-refractivity contribution in [3.8, 4) is 17.1 Å². The molecule has 1 N–H and O–H groups in total. The van der Waals surface area contributed by atoms with Gasteiger partial charge in [-0.15, -0.1) is 10.2 Å². The Bertz CT molecular complexity index is 890. The summed E-state index contributed by atoms with van der Waals surface area (Å²) in [5, 5.41) is 11.1. The number of hydrogen-bond acceptors (Lipinski definition) is 4. The molecule has 0 saturated heterocycles. The molecule has 0 aliphatic heterocycles.